The van der Waals surface area contributed by atoms with Gasteiger partial charge in [0, 0.05) is 11.4 Å². The predicted octanol–water partition coefficient (Wildman–Crippen LogP) is 4.09. The quantitative estimate of drug-likeness (QED) is 0.566. The second-order valence-corrected chi connectivity index (χ2v) is 7.53. The van der Waals surface area contributed by atoms with Crippen LogP contribution < -0.4 is 15.0 Å². The maximum Gasteiger partial charge on any atom is 0.265 e. The molecule has 3 rings (SSSR count). The molecule has 2 amide bonds. The molecule has 2 aromatic rings. The first kappa shape index (κ1) is 20.0. The van der Waals surface area contributed by atoms with Crippen molar-refractivity contribution in [2.45, 2.75) is 24.7 Å². The topological polar surface area (TPSA) is 58.6 Å². The van der Waals surface area contributed by atoms with Gasteiger partial charge in [-0.25, -0.2) is 0 Å². The van der Waals surface area contributed by atoms with Gasteiger partial charge >= 0.3 is 0 Å². The summed E-state index contributed by atoms with van der Waals surface area (Å²) in [7, 11) is 1.62. The number of para-hydroxylation sites is 1. The highest BCUT2D eigenvalue weighted by atomic mass is 32.2. The normalized spacial score (nSPS) is 14.7. The minimum atomic E-state index is -0.162. The summed E-state index contributed by atoms with van der Waals surface area (Å²) in [5.74, 6) is 0.456. The van der Waals surface area contributed by atoms with Crippen LogP contribution in [0.4, 0.5) is 5.69 Å². The van der Waals surface area contributed by atoms with E-state index in [-0.39, 0.29) is 18.4 Å². The number of rotatable bonds is 7. The number of benzene rings is 2. The molecule has 0 aliphatic carbocycles. The maximum absolute atomic E-state index is 13.1. The lowest BCUT2D eigenvalue weighted by molar-refractivity contribution is -0.122. The van der Waals surface area contributed by atoms with E-state index >= 15 is 0 Å². The molecule has 2 aromatic carbocycles. The van der Waals surface area contributed by atoms with Gasteiger partial charge in [-0.15, -0.1) is 0 Å². The Morgan fingerprint density at radius 3 is 2.64 bits per heavy atom. The highest BCUT2D eigenvalue weighted by Crippen LogP contribution is 2.41. The number of methoxy groups -OCH3 is 1. The van der Waals surface area contributed by atoms with E-state index in [1.807, 2.05) is 54.6 Å². The molecule has 0 radical (unpaired) electrons. The highest BCUT2D eigenvalue weighted by Gasteiger charge is 2.30. The monoisotopic (exact) mass is 396 g/mol. The zero-order valence-electron chi connectivity index (χ0n) is 16.1. The molecule has 0 aromatic heterocycles. The Hall–Kier alpha value is -2.73. The molecule has 146 valence electrons. The summed E-state index contributed by atoms with van der Waals surface area (Å²) in [6.45, 7) is 2.71. The second-order valence-electron chi connectivity index (χ2n) is 6.45. The van der Waals surface area contributed by atoms with Gasteiger partial charge in [0.25, 0.3) is 5.91 Å². The first-order valence-electron chi connectivity index (χ1n) is 9.33. The van der Waals surface area contributed by atoms with E-state index < -0.39 is 0 Å². The van der Waals surface area contributed by atoms with Gasteiger partial charge in [-0.05, 0) is 42.3 Å². The molecular formula is C22H24N2O3S. The van der Waals surface area contributed by atoms with Gasteiger partial charge in [0.05, 0.1) is 17.7 Å². The molecule has 28 heavy (non-hydrogen) atoms. The van der Waals surface area contributed by atoms with Crippen LogP contribution in [0.5, 0.6) is 5.75 Å². The zero-order chi connectivity index (χ0) is 19.9. The molecule has 0 atom stereocenters. The summed E-state index contributed by atoms with van der Waals surface area (Å²) in [5, 5.41) is 2.89. The average molecular weight is 397 g/mol. The maximum atomic E-state index is 13.1. The Kier molecular flexibility index (Phi) is 6.76. The van der Waals surface area contributed by atoms with E-state index in [0.29, 0.717) is 11.4 Å². The van der Waals surface area contributed by atoms with Crippen molar-refractivity contribution < 1.29 is 14.3 Å². The predicted molar refractivity (Wildman–Crippen MR) is 114 cm³/mol. The van der Waals surface area contributed by atoms with Gasteiger partial charge in [-0.1, -0.05) is 49.4 Å². The van der Waals surface area contributed by atoms with Crippen LogP contribution in [0.3, 0.4) is 0 Å². The van der Waals surface area contributed by atoms with Gasteiger partial charge in [0.1, 0.15) is 12.3 Å². The van der Waals surface area contributed by atoms with Crippen molar-refractivity contribution in [3.05, 3.63) is 59.0 Å². The number of unbranched alkanes of at least 4 members (excludes halogenated alkanes) is 1. The molecule has 0 fully saturated rings. The number of thioether (sulfide) groups is 1. The number of anilines is 1. The minimum Gasteiger partial charge on any atom is -0.497 e. The van der Waals surface area contributed by atoms with Crippen molar-refractivity contribution in [1.29, 1.82) is 0 Å². The lowest BCUT2D eigenvalue weighted by Crippen LogP contribution is -2.42. The number of hydrogen-bond acceptors (Lipinski definition) is 4. The lowest BCUT2D eigenvalue weighted by Gasteiger charge is -2.29. The van der Waals surface area contributed by atoms with Crippen LogP contribution in [0.15, 0.2) is 58.3 Å². The molecule has 1 N–H and O–H groups in total. The number of nitrogens with one attached hydrogen (secondary N) is 1. The van der Waals surface area contributed by atoms with E-state index in [0.717, 1.165) is 34.7 Å². The Labute approximate surface area is 169 Å². The first-order chi connectivity index (χ1) is 13.6. The Bertz CT molecular complexity index is 878. The van der Waals surface area contributed by atoms with Gasteiger partial charge in [-0.3, -0.25) is 14.5 Å². The Morgan fingerprint density at radius 2 is 1.93 bits per heavy atom. The largest absolute Gasteiger partial charge is 0.497 e. The van der Waals surface area contributed by atoms with Crippen LogP contribution in [-0.4, -0.2) is 32.0 Å². The molecule has 0 bridgehead atoms. The van der Waals surface area contributed by atoms with E-state index in [9.17, 15) is 9.59 Å². The third kappa shape index (κ3) is 4.75. The molecule has 1 aliphatic heterocycles. The van der Waals surface area contributed by atoms with E-state index in [2.05, 4.69) is 12.2 Å². The summed E-state index contributed by atoms with van der Waals surface area (Å²) >= 11 is 1.43. The van der Waals surface area contributed by atoms with Crippen LogP contribution in [0.25, 0.3) is 6.08 Å². The summed E-state index contributed by atoms with van der Waals surface area (Å²) in [4.78, 5) is 28.6. The van der Waals surface area contributed by atoms with Gasteiger partial charge in [-0.2, -0.15) is 0 Å². The van der Waals surface area contributed by atoms with Crippen LogP contribution in [0.2, 0.25) is 0 Å². The number of nitrogens with zero attached hydrogens (tertiary/aromatic N) is 1. The fourth-order valence-electron chi connectivity index (χ4n) is 2.87. The fourth-order valence-corrected chi connectivity index (χ4v) is 3.93. The Morgan fingerprint density at radius 1 is 1.18 bits per heavy atom. The standard InChI is InChI=1S/C22H24N2O3S/c1-3-4-13-23-21(25)15-24-18-7-5-6-8-19(18)28-20(22(24)26)14-16-9-11-17(27-2)12-10-16/h5-12,14H,3-4,13,15H2,1-2H3,(H,23,25). The summed E-state index contributed by atoms with van der Waals surface area (Å²) in [5.41, 5.74) is 1.68. The molecule has 1 heterocycles. The number of fused-ring (bicyclic) bond motifs is 1. The van der Waals surface area contributed by atoms with Crippen LogP contribution >= 0.6 is 11.8 Å². The van der Waals surface area contributed by atoms with E-state index in [1.54, 1.807) is 12.0 Å². The van der Waals surface area contributed by atoms with Gasteiger partial charge in [0.15, 0.2) is 0 Å². The van der Waals surface area contributed by atoms with Crippen LogP contribution in [0, 0.1) is 0 Å². The lowest BCUT2D eigenvalue weighted by atomic mass is 10.2. The fraction of sp³-hybridized carbons (Fsp3) is 0.273. The third-order valence-corrected chi connectivity index (χ3v) is 5.48. The smallest absolute Gasteiger partial charge is 0.265 e. The van der Waals surface area contributed by atoms with Crippen LogP contribution in [-0.2, 0) is 9.59 Å². The molecule has 0 saturated heterocycles. The van der Waals surface area contributed by atoms with E-state index in [1.165, 1.54) is 11.8 Å². The van der Waals surface area contributed by atoms with Crippen molar-refractivity contribution in [1.82, 2.24) is 5.32 Å². The van der Waals surface area contributed by atoms with Crippen molar-refractivity contribution in [2.75, 3.05) is 25.1 Å². The number of ether oxygens (including phenoxy) is 1. The third-order valence-electron chi connectivity index (χ3n) is 4.40. The number of carbonyl (C=O) groups is 2. The van der Waals surface area contributed by atoms with Crippen molar-refractivity contribution in [3.63, 3.8) is 0 Å². The molecule has 0 spiro atoms. The average Bonchev–Trinajstić information content (AvgIpc) is 2.72. The minimum absolute atomic E-state index is 0.0140. The van der Waals surface area contributed by atoms with Crippen molar-refractivity contribution >= 4 is 35.3 Å². The van der Waals surface area contributed by atoms with Crippen LogP contribution in [0.1, 0.15) is 25.3 Å². The molecule has 5 nitrogen and oxygen atoms in total. The summed E-state index contributed by atoms with van der Waals surface area (Å²) in [6.07, 6.45) is 3.79. The Balaban J connectivity index is 1.85. The summed E-state index contributed by atoms with van der Waals surface area (Å²) in [6, 6.07) is 15.2. The molecule has 0 unspecified atom stereocenters. The number of hydrogen-bond donors (Lipinski definition) is 1. The number of carbonyl (C=O) groups excluding carboxylic acids is 2. The number of amides is 2. The van der Waals surface area contributed by atoms with Crippen molar-refractivity contribution in [3.8, 4) is 5.75 Å². The summed E-state index contributed by atoms with van der Waals surface area (Å²) < 4.78 is 5.18. The highest BCUT2D eigenvalue weighted by molar-refractivity contribution is 8.04. The van der Waals surface area contributed by atoms with Crippen molar-refractivity contribution in [2.24, 2.45) is 0 Å². The molecule has 0 saturated carbocycles. The SMILES string of the molecule is CCCCNC(=O)CN1C(=O)C(=Cc2ccc(OC)cc2)Sc2ccccc21. The molecule has 6 heteroatoms. The van der Waals surface area contributed by atoms with Gasteiger partial charge < -0.3 is 10.1 Å². The van der Waals surface area contributed by atoms with E-state index in [4.69, 9.17) is 4.74 Å². The zero-order valence-corrected chi connectivity index (χ0v) is 16.9. The molecular weight excluding hydrogens is 372 g/mol. The molecule has 1 aliphatic rings. The second kappa shape index (κ2) is 9.46. The first-order valence-corrected chi connectivity index (χ1v) is 10.1. The van der Waals surface area contributed by atoms with Gasteiger partial charge in [0.2, 0.25) is 5.91 Å².